The van der Waals surface area contributed by atoms with Gasteiger partial charge in [-0.3, -0.25) is 5.26 Å². The third-order valence-corrected chi connectivity index (χ3v) is 0.796. The zero-order valence-corrected chi connectivity index (χ0v) is 6.53. The summed E-state index contributed by atoms with van der Waals surface area (Å²) in [4.78, 5) is 3.54. The maximum absolute atomic E-state index is 7.38. The van der Waals surface area contributed by atoms with E-state index in [1.807, 2.05) is 36.4 Å². The molecular formula is C8H14O3. The Balaban J connectivity index is 0. The number of hydrogen-bond donors (Lipinski definition) is 1. The lowest BCUT2D eigenvalue weighted by molar-refractivity contribution is -0.237. The van der Waals surface area contributed by atoms with Crippen molar-refractivity contribution in [1.29, 1.82) is 0 Å². The van der Waals surface area contributed by atoms with Crippen LogP contribution in [-0.4, -0.2) is 17.3 Å². The zero-order chi connectivity index (χ0) is 7.66. The summed E-state index contributed by atoms with van der Waals surface area (Å²) < 4.78 is 0. The number of rotatable bonds is 1. The van der Waals surface area contributed by atoms with Crippen LogP contribution in [0.1, 0.15) is 6.92 Å². The minimum atomic E-state index is 0. The van der Waals surface area contributed by atoms with E-state index < -0.39 is 0 Å². The highest BCUT2D eigenvalue weighted by Crippen LogP contribution is 1.79. The van der Waals surface area contributed by atoms with Crippen molar-refractivity contribution in [2.75, 3.05) is 6.61 Å². The number of hydrogen-bond acceptors (Lipinski definition) is 2. The molecule has 0 aliphatic rings. The molecule has 0 fully saturated rings. The molecule has 0 amide bonds. The lowest BCUT2D eigenvalue weighted by Crippen LogP contribution is -1.74. The SMILES string of the molecule is CCOO.O.c1ccccc1. The predicted octanol–water partition coefficient (Wildman–Crippen LogP) is 1.36. The van der Waals surface area contributed by atoms with Crippen molar-refractivity contribution in [2.45, 2.75) is 6.92 Å². The van der Waals surface area contributed by atoms with Crippen LogP contribution in [0.25, 0.3) is 0 Å². The van der Waals surface area contributed by atoms with Gasteiger partial charge < -0.3 is 5.48 Å². The molecule has 0 aliphatic heterocycles. The summed E-state index contributed by atoms with van der Waals surface area (Å²) in [7, 11) is 0. The van der Waals surface area contributed by atoms with Crippen LogP contribution in [0.3, 0.4) is 0 Å². The maximum atomic E-state index is 7.38. The highest BCUT2D eigenvalue weighted by atomic mass is 17.1. The van der Waals surface area contributed by atoms with Crippen LogP contribution >= 0.6 is 0 Å². The Bertz CT molecular complexity index is 101. The Hall–Kier alpha value is -0.900. The number of benzene rings is 1. The fourth-order valence-electron chi connectivity index (χ4n) is 0.385. The van der Waals surface area contributed by atoms with E-state index in [2.05, 4.69) is 4.89 Å². The quantitative estimate of drug-likeness (QED) is 0.495. The van der Waals surface area contributed by atoms with Crippen LogP contribution < -0.4 is 0 Å². The van der Waals surface area contributed by atoms with E-state index >= 15 is 0 Å². The van der Waals surface area contributed by atoms with Crippen LogP contribution in [0.2, 0.25) is 0 Å². The topological polar surface area (TPSA) is 61.0 Å². The third kappa shape index (κ3) is 12.3. The van der Waals surface area contributed by atoms with Gasteiger partial charge >= 0.3 is 0 Å². The summed E-state index contributed by atoms with van der Waals surface area (Å²) in [6.07, 6.45) is 0. The fourth-order valence-corrected chi connectivity index (χ4v) is 0.385. The van der Waals surface area contributed by atoms with Crippen LogP contribution in [-0.2, 0) is 4.89 Å². The van der Waals surface area contributed by atoms with Crippen LogP contribution in [0.4, 0.5) is 0 Å². The molecule has 1 aromatic rings. The Kier molecular flexibility index (Phi) is 13.7. The van der Waals surface area contributed by atoms with Crippen molar-refractivity contribution in [2.24, 2.45) is 0 Å². The summed E-state index contributed by atoms with van der Waals surface area (Å²) in [6.45, 7) is 2.08. The molecule has 0 heterocycles. The molecule has 0 atom stereocenters. The van der Waals surface area contributed by atoms with Gasteiger partial charge in [-0.25, -0.2) is 4.89 Å². The normalized spacial score (nSPS) is 7.09. The van der Waals surface area contributed by atoms with E-state index in [1.54, 1.807) is 6.92 Å². The van der Waals surface area contributed by atoms with Crippen LogP contribution in [0, 0.1) is 0 Å². The fraction of sp³-hybridized carbons (Fsp3) is 0.250. The summed E-state index contributed by atoms with van der Waals surface area (Å²) >= 11 is 0. The Morgan fingerprint density at radius 3 is 1.27 bits per heavy atom. The average molecular weight is 158 g/mol. The van der Waals surface area contributed by atoms with Gasteiger partial charge in [0.15, 0.2) is 0 Å². The second-order valence-electron chi connectivity index (χ2n) is 1.57. The molecule has 0 aromatic heterocycles. The standard InChI is InChI=1S/C6H6.C2H6O2.H2O/c1-2-4-6-5-3-1;1-2-4-3;/h1-6H;3H,2H2,1H3;1H2. The van der Waals surface area contributed by atoms with Crippen molar-refractivity contribution < 1.29 is 15.6 Å². The highest BCUT2D eigenvalue weighted by molar-refractivity contribution is 4.99. The molecule has 0 aliphatic carbocycles. The van der Waals surface area contributed by atoms with Crippen molar-refractivity contribution in [3.63, 3.8) is 0 Å². The van der Waals surface area contributed by atoms with E-state index in [4.69, 9.17) is 5.26 Å². The maximum Gasteiger partial charge on any atom is 0.0791 e. The third-order valence-electron chi connectivity index (χ3n) is 0.796. The van der Waals surface area contributed by atoms with Crippen LogP contribution in [0.5, 0.6) is 0 Å². The Labute approximate surface area is 66.5 Å². The Morgan fingerprint density at radius 1 is 1.00 bits per heavy atom. The van der Waals surface area contributed by atoms with Gasteiger partial charge in [0.2, 0.25) is 0 Å². The minimum Gasteiger partial charge on any atom is -0.412 e. The van der Waals surface area contributed by atoms with E-state index in [9.17, 15) is 0 Å². The smallest absolute Gasteiger partial charge is 0.0791 e. The summed E-state index contributed by atoms with van der Waals surface area (Å²) in [5, 5.41) is 7.38. The Morgan fingerprint density at radius 2 is 1.18 bits per heavy atom. The summed E-state index contributed by atoms with van der Waals surface area (Å²) in [6, 6.07) is 12.0. The van der Waals surface area contributed by atoms with Gasteiger partial charge in [0.1, 0.15) is 0 Å². The summed E-state index contributed by atoms with van der Waals surface area (Å²) in [5.41, 5.74) is 0. The first-order valence-electron chi connectivity index (χ1n) is 3.18. The lowest BCUT2D eigenvalue weighted by Gasteiger charge is -1.73. The minimum absolute atomic E-state index is 0. The largest absolute Gasteiger partial charge is 0.412 e. The van der Waals surface area contributed by atoms with Crippen molar-refractivity contribution in [1.82, 2.24) is 0 Å². The van der Waals surface area contributed by atoms with Gasteiger partial charge in [0.05, 0.1) is 6.61 Å². The van der Waals surface area contributed by atoms with E-state index in [0.717, 1.165) is 0 Å². The van der Waals surface area contributed by atoms with Gasteiger partial charge in [0.25, 0.3) is 0 Å². The molecule has 0 radical (unpaired) electrons. The first-order valence-corrected chi connectivity index (χ1v) is 3.18. The molecule has 0 spiro atoms. The zero-order valence-electron chi connectivity index (χ0n) is 6.53. The second kappa shape index (κ2) is 11.8. The average Bonchev–Trinajstić information content (AvgIpc) is 2.08. The van der Waals surface area contributed by atoms with Gasteiger partial charge in [-0.05, 0) is 6.92 Å². The van der Waals surface area contributed by atoms with E-state index in [-0.39, 0.29) is 5.48 Å². The van der Waals surface area contributed by atoms with E-state index in [1.165, 1.54) is 0 Å². The molecule has 64 valence electrons. The molecule has 1 rings (SSSR count). The summed E-state index contributed by atoms with van der Waals surface area (Å²) in [5.74, 6) is 0. The molecule has 1 aromatic carbocycles. The van der Waals surface area contributed by atoms with Crippen molar-refractivity contribution in [3.8, 4) is 0 Å². The van der Waals surface area contributed by atoms with Gasteiger partial charge in [-0.15, -0.1) is 0 Å². The first kappa shape index (κ1) is 12.7. The molecule has 3 N–H and O–H groups in total. The van der Waals surface area contributed by atoms with Crippen molar-refractivity contribution >= 4 is 0 Å². The molecule has 3 nitrogen and oxygen atoms in total. The molecule has 3 heteroatoms. The molecule has 11 heavy (non-hydrogen) atoms. The van der Waals surface area contributed by atoms with Gasteiger partial charge in [-0.2, -0.15) is 0 Å². The predicted molar refractivity (Wildman–Crippen MR) is 44.3 cm³/mol. The molecule has 0 unspecified atom stereocenters. The highest BCUT2D eigenvalue weighted by Gasteiger charge is 1.57. The van der Waals surface area contributed by atoms with Gasteiger partial charge in [0, 0.05) is 0 Å². The lowest BCUT2D eigenvalue weighted by atomic mass is 10.4. The second-order valence-corrected chi connectivity index (χ2v) is 1.57. The van der Waals surface area contributed by atoms with E-state index in [0.29, 0.717) is 6.61 Å². The van der Waals surface area contributed by atoms with Crippen molar-refractivity contribution in [3.05, 3.63) is 36.4 Å². The molecule has 0 saturated heterocycles. The molecule has 0 saturated carbocycles. The molecule has 0 bridgehead atoms. The monoisotopic (exact) mass is 158 g/mol. The molecular weight excluding hydrogens is 144 g/mol. The van der Waals surface area contributed by atoms with Gasteiger partial charge in [-0.1, -0.05) is 36.4 Å². The first-order chi connectivity index (χ1) is 4.91. The van der Waals surface area contributed by atoms with Crippen LogP contribution in [0.15, 0.2) is 36.4 Å².